The molecule has 0 atom stereocenters. The molecule has 9 rings (SSSR count). The fraction of sp³-hybridized carbons (Fsp3) is 0.0204. The van der Waals surface area contributed by atoms with Crippen molar-refractivity contribution in [3.63, 3.8) is 0 Å². The molecule has 0 aliphatic heterocycles. The number of hydrogen-bond donors (Lipinski definition) is 0. The molecule has 0 aromatic heterocycles. The maximum atomic E-state index is 2.43. The zero-order chi connectivity index (χ0) is 33.4. The van der Waals surface area contributed by atoms with Crippen LogP contribution >= 0.6 is 0 Å². The minimum atomic E-state index is 1.13. The van der Waals surface area contributed by atoms with Crippen molar-refractivity contribution in [3.8, 4) is 33.4 Å². The average molecular weight is 638 g/mol. The average Bonchev–Trinajstić information content (AvgIpc) is 3.19. The van der Waals surface area contributed by atoms with E-state index in [-0.39, 0.29) is 0 Å². The lowest BCUT2D eigenvalue weighted by Gasteiger charge is -2.27. The van der Waals surface area contributed by atoms with E-state index in [0.29, 0.717) is 0 Å². The number of aryl methyl sites for hydroxylation is 1. The molecule has 9 aromatic carbocycles. The van der Waals surface area contributed by atoms with Crippen LogP contribution < -0.4 is 4.90 Å². The normalized spacial score (nSPS) is 11.3. The summed E-state index contributed by atoms with van der Waals surface area (Å²) in [6.07, 6.45) is 0. The highest BCUT2D eigenvalue weighted by molar-refractivity contribution is 6.33. The van der Waals surface area contributed by atoms with Gasteiger partial charge in [0.15, 0.2) is 0 Å². The Balaban J connectivity index is 1.46. The fourth-order valence-electron chi connectivity index (χ4n) is 7.59. The van der Waals surface area contributed by atoms with Gasteiger partial charge in [0.1, 0.15) is 0 Å². The zero-order valence-corrected chi connectivity index (χ0v) is 27.9. The molecule has 236 valence electrons. The van der Waals surface area contributed by atoms with Gasteiger partial charge in [0.25, 0.3) is 0 Å². The predicted octanol–water partition coefficient (Wildman–Crippen LogP) is 13.9. The Bertz CT molecular complexity index is 2610. The first-order valence-corrected chi connectivity index (χ1v) is 17.3. The van der Waals surface area contributed by atoms with Gasteiger partial charge in [-0.15, -0.1) is 0 Å². The van der Waals surface area contributed by atoms with Crippen LogP contribution in [-0.4, -0.2) is 0 Å². The van der Waals surface area contributed by atoms with E-state index in [1.807, 2.05) is 0 Å². The van der Waals surface area contributed by atoms with Crippen LogP contribution in [-0.2, 0) is 0 Å². The molecule has 0 aliphatic carbocycles. The van der Waals surface area contributed by atoms with Gasteiger partial charge in [0.05, 0.1) is 0 Å². The summed E-state index contributed by atoms with van der Waals surface area (Å²) in [5.74, 6) is 0. The van der Waals surface area contributed by atoms with Crippen LogP contribution in [0.2, 0.25) is 0 Å². The molecule has 0 unspecified atom stereocenters. The second kappa shape index (κ2) is 12.5. The third-order valence-corrected chi connectivity index (χ3v) is 9.88. The summed E-state index contributed by atoms with van der Waals surface area (Å²) < 4.78 is 0. The number of anilines is 3. The van der Waals surface area contributed by atoms with Crippen LogP contribution in [0.3, 0.4) is 0 Å². The van der Waals surface area contributed by atoms with E-state index >= 15 is 0 Å². The number of para-hydroxylation sites is 1. The zero-order valence-electron chi connectivity index (χ0n) is 27.9. The lowest BCUT2D eigenvalue weighted by atomic mass is 9.81. The summed E-state index contributed by atoms with van der Waals surface area (Å²) >= 11 is 0. The largest absolute Gasteiger partial charge is 0.310 e. The highest BCUT2D eigenvalue weighted by Gasteiger charge is 2.22. The van der Waals surface area contributed by atoms with Crippen LogP contribution in [0.1, 0.15) is 5.56 Å². The van der Waals surface area contributed by atoms with E-state index < -0.39 is 0 Å². The quantitative estimate of drug-likeness (QED) is 0.164. The maximum absolute atomic E-state index is 2.43. The van der Waals surface area contributed by atoms with E-state index in [1.54, 1.807) is 0 Å². The number of fused-ring (bicyclic) bond motifs is 6. The smallest absolute Gasteiger partial charge is 0.0468 e. The lowest BCUT2D eigenvalue weighted by molar-refractivity contribution is 1.28. The highest BCUT2D eigenvalue weighted by Crippen LogP contribution is 2.50. The first-order valence-electron chi connectivity index (χ1n) is 17.3. The fourth-order valence-corrected chi connectivity index (χ4v) is 7.59. The molecule has 0 heterocycles. The monoisotopic (exact) mass is 637 g/mol. The van der Waals surface area contributed by atoms with Crippen LogP contribution in [0, 0.1) is 6.92 Å². The topological polar surface area (TPSA) is 3.24 Å². The summed E-state index contributed by atoms with van der Waals surface area (Å²) in [5, 5.41) is 7.54. The summed E-state index contributed by atoms with van der Waals surface area (Å²) in [6.45, 7) is 2.14. The predicted molar refractivity (Wildman–Crippen MR) is 215 cm³/mol. The molecule has 0 N–H and O–H groups in total. The van der Waals surface area contributed by atoms with Crippen molar-refractivity contribution in [1.82, 2.24) is 0 Å². The van der Waals surface area contributed by atoms with Crippen molar-refractivity contribution in [1.29, 1.82) is 0 Å². The van der Waals surface area contributed by atoms with Gasteiger partial charge in [-0.05, 0) is 115 Å². The van der Waals surface area contributed by atoms with Gasteiger partial charge in [-0.1, -0.05) is 157 Å². The SMILES string of the molecule is Cc1ccc(N(c2ccccc2)c2ccc3c(c2)c2ccccc2c2c(-c4ccccc4)cc(-c4ccccc4)c(-c4ccccc4)c32)cc1. The van der Waals surface area contributed by atoms with Crippen LogP contribution in [0.5, 0.6) is 0 Å². The Labute approximate surface area is 293 Å². The second-order valence-corrected chi connectivity index (χ2v) is 13.0. The van der Waals surface area contributed by atoms with E-state index in [9.17, 15) is 0 Å². The molecule has 1 heteroatoms. The maximum Gasteiger partial charge on any atom is 0.0468 e. The first kappa shape index (κ1) is 29.7. The van der Waals surface area contributed by atoms with Crippen molar-refractivity contribution in [2.45, 2.75) is 6.92 Å². The minimum absolute atomic E-state index is 1.13. The molecule has 0 fully saturated rings. The molecule has 0 saturated heterocycles. The van der Waals surface area contributed by atoms with E-state index in [4.69, 9.17) is 0 Å². The van der Waals surface area contributed by atoms with E-state index in [0.717, 1.165) is 17.1 Å². The Morgan fingerprint density at radius 1 is 0.320 bits per heavy atom. The molecule has 0 bridgehead atoms. The number of benzene rings is 9. The van der Waals surface area contributed by atoms with Crippen LogP contribution in [0.15, 0.2) is 194 Å². The highest BCUT2D eigenvalue weighted by atomic mass is 15.1. The number of rotatable bonds is 6. The van der Waals surface area contributed by atoms with Gasteiger partial charge in [-0.25, -0.2) is 0 Å². The van der Waals surface area contributed by atoms with Crippen LogP contribution in [0.4, 0.5) is 17.1 Å². The Morgan fingerprint density at radius 2 is 0.800 bits per heavy atom. The number of nitrogens with zero attached hydrogens (tertiary/aromatic N) is 1. The molecule has 9 aromatic rings. The molecule has 50 heavy (non-hydrogen) atoms. The molecule has 1 nitrogen and oxygen atoms in total. The molecular formula is C49H35N. The van der Waals surface area contributed by atoms with Gasteiger partial charge in [0, 0.05) is 17.1 Å². The van der Waals surface area contributed by atoms with Crippen molar-refractivity contribution in [2.75, 3.05) is 4.90 Å². The van der Waals surface area contributed by atoms with Crippen molar-refractivity contribution < 1.29 is 0 Å². The second-order valence-electron chi connectivity index (χ2n) is 13.0. The Kier molecular flexibility index (Phi) is 7.44. The lowest BCUT2D eigenvalue weighted by Crippen LogP contribution is -2.09. The van der Waals surface area contributed by atoms with Gasteiger partial charge in [-0.2, -0.15) is 0 Å². The van der Waals surface area contributed by atoms with Crippen LogP contribution in [0.25, 0.3) is 65.7 Å². The molecule has 0 spiro atoms. The summed E-state index contributed by atoms with van der Waals surface area (Å²) in [4.78, 5) is 2.37. The van der Waals surface area contributed by atoms with Gasteiger partial charge >= 0.3 is 0 Å². The summed E-state index contributed by atoms with van der Waals surface area (Å²) in [7, 11) is 0. The molecule has 0 amide bonds. The standard InChI is InChI=1S/C49H35N/c1-34-26-28-39(29-27-34)50(38-22-12-5-13-23-38)40-30-31-43-46(32-40)41-24-14-15-25-42(41)48-45(36-18-8-3-9-19-36)33-44(35-16-6-2-7-17-35)47(49(43)48)37-20-10-4-11-21-37/h2-33H,1H3. The Morgan fingerprint density at radius 3 is 1.44 bits per heavy atom. The van der Waals surface area contributed by atoms with Crippen molar-refractivity contribution in [2.24, 2.45) is 0 Å². The summed E-state index contributed by atoms with van der Waals surface area (Å²) in [6, 6.07) is 70.6. The van der Waals surface area contributed by atoms with Crippen molar-refractivity contribution in [3.05, 3.63) is 200 Å². The molecule has 0 saturated carbocycles. The third kappa shape index (κ3) is 5.12. The van der Waals surface area contributed by atoms with Gasteiger partial charge < -0.3 is 4.90 Å². The van der Waals surface area contributed by atoms with Gasteiger partial charge in [-0.3, -0.25) is 0 Å². The first-order chi connectivity index (χ1) is 24.7. The molecule has 0 radical (unpaired) electrons. The third-order valence-electron chi connectivity index (χ3n) is 9.88. The van der Waals surface area contributed by atoms with Gasteiger partial charge in [0.2, 0.25) is 0 Å². The van der Waals surface area contributed by atoms with Crippen molar-refractivity contribution >= 4 is 49.4 Å². The summed E-state index contributed by atoms with van der Waals surface area (Å²) in [5.41, 5.74) is 12.0. The minimum Gasteiger partial charge on any atom is -0.310 e. The van der Waals surface area contributed by atoms with E-state index in [2.05, 4.69) is 206 Å². The molecule has 0 aliphatic rings. The Hall–Kier alpha value is -6.44. The molecular weight excluding hydrogens is 603 g/mol. The van der Waals surface area contributed by atoms with E-state index in [1.165, 1.54) is 71.3 Å². The number of hydrogen-bond acceptors (Lipinski definition) is 1.